The maximum Gasteiger partial charge on any atom is 0.328 e. The second-order valence-corrected chi connectivity index (χ2v) is 5.34. The van der Waals surface area contributed by atoms with E-state index < -0.39 is 5.97 Å². The SMILES string of the molecule is CC(C)SCc1ccc(/C=C/C(=O)O)cc1. The Labute approximate surface area is 100 Å². The van der Waals surface area contributed by atoms with Crippen LogP contribution in [0.5, 0.6) is 0 Å². The highest BCUT2D eigenvalue weighted by Gasteiger charge is 1.97. The zero-order valence-corrected chi connectivity index (χ0v) is 10.3. The zero-order chi connectivity index (χ0) is 12.0. The molecule has 0 bridgehead atoms. The quantitative estimate of drug-likeness (QED) is 0.796. The normalized spacial score (nSPS) is 11.2. The van der Waals surface area contributed by atoms with Crippen LogP contribution in [-0.4, -0.2) is 16.3 Å². The van der Waals surface area contributed by atoms with Crippen molar-refractivity contribution < 1.29 is 9.90 Å². The van der Waals surface area contributed by atoms with Crippen molar-refractivity contribution in [2.75, 3.05) is 0 Å². The molecule has 0 aliphatic heterocycles. The van der Waals surface area contributed by atoms with Crippen LogP contribution in [0.25, 0.3) is 6.08 Å². The van der Waals surface area contributed by atoms with Crippen LogP contribution >= 0.6 is 11.8 Å². The summed E-state index contributed by atoms with van der Waals surface area (Å²) < 4.78 is 0. The maximum absolute atomic E-state index is 10.3. The molecule has 1 aromatic carbocycles. The molecule has 0 spiro atoms. The molecule has 0 aromatic heterocycles. The monoisotopic (exact) mass is 236 g/mol. The van der Waals surface area contributed by atoms with Gasteiger partial charge in [0.25, 0.3) is 0 Å². The number of hydrogen-bond donors (Lipinski definition) is 1. The van der Waals surface area contributed by atoms with E-state index in [4.69, 9.17) is 5.11 Å². The van der Waals surface area contributed by atoms with Gasteiger partial charge in [0.05, 0.1) is 0 Å². The van der Waals surface area contributed by atoms with E-state index in [1.165, 1.54) is 5.56 Å². The Balaban J connectivity index is 2.57. The highest BCUT2D eigenvalue weighted by atomic mass is 32.2. The topological polar surface area (TPSA) is 37.3 Å². The first kappa shape index (κ1) is 12.8. The van der Waals surface area contributed by atoms with Crippen molar-refractivity contribution >= 4 is 23.8 Å². The van der Waals surface area contributed by atoms with Crippen LogP contribution in [0.1, 0.15) is 25.0 Å². The summed E-state index contributed by atoms with van der Waals surface area (Å²) in [7, 11) is 0. The molecule has 0 heterocycles. The van der Waals surface area contributed by atoms with Crippen molar-refractivity contribution in [3.8, 4) is 0 Å². The molecule has 0 radical (unpaired) electrons. The molecule has 0 saturated carbocycles. The number of rotatable bonds is 5. The van der Waals surface area contributed by atoms with Crippen LogP contribution in [0.2, 0.25) is 0 Å². The molecule has 0 unspecified atom stereocenters. The van der Waals surface area contributed by atoms with Crippen molar-refractivity contribution in [1.82, 2.24) is 0 Å². The lowest BCUT2D eigenvalue weighted by molar-refractivity contribution is -0.131. The molecule has 1 rings (SSSR count). The van der Waals surface area contributed by atoms with Gasteiger partial charge in [-0.05, 0) is 22.5 Å². The Hall–Kier alpha value is -1.22. The summed E-state index contributed by atoms with van der Waals surface area (Å²) in [5, 5.41) is 9.12. The van der Waals surface area contributed by atoms with Gasteiger partial charge in [-0.2, -0.15) is 11.8 Å². The average molecular weight is 236 g/mol. The third-order valence-electron chi connectivity index (χ3n) is 1.98. The van der Waals surface area contributed by atoms with Crippen molar-refractivity contribution in [2.45, 2.75) is 24.9 Å². The van der Waals surface area contributed by atoms with Gasteiger partial charge in [-0.1, -0.05) is 38.1 Å². The minimum Gasteiger partial charge on any atom is -0.478 e. The van der Waals surface area contributed by atoms with Gasteiger partial charge < -0.3 is 5.11 Å². The van der Waals surface area contributed by atoms with Gasteiger partial charge in [-0.25, -0.2) is 4.79 Å². The molecule has 0 atom stereocenters. The molecule has 3 heteroatoms. The highest BCUT2D eigenvalue weighted by molar-refractivity contribution is 7.99. The number of hydrogen-bond acceptors (Lipinski definition) is 2. The van der Waals surface area contributed by atoms with Gasteiger partial charge in [0.2, 0.25) is 0 Å². The summed E-state index contributed by atoms with van der Waals surface area (Å²) >= 11 is 1.90. The third-order valence-corrected chi connectivity index (χ3v) is 3.15. The van der Waals surface area contributed by atoms with E-state index in [-0.39, 0.29) is 0 Å². The average Bonchev–Trinajstić information content (AvgIpc) is 2.25. The first-order valence-corrected chi connectivity index (χ1v) is 6.24. The van der Waals surface area contributed by atoms with Gasteiger partial charge in [-0.15, -0.1) is 0 Å². The molecule has 0 aliphatic rings. The Morgan fingerprint density at radius 2 is 2.00 bits per heavy atom. The van der Waals surface area contributed by atoms with Crippen LogP contribution in [0.4, 0.5) is 0 Å². The van der Waals surface area contributed by atoms with Crippen LogP contribution in [-0.2, 0) is 10.5 Å². The minimum atomic E-state index is -0.917. The Kier molecular flexibility index (Phi) is 5.12. The standard InChI is InChI=1S/C13H16O2S/c1-10(2)16-9-12-5-3-11(4-6-12)7-8-13(14)15/h3-8,10H,9H2,1-2H3,(H,14,15)/b8-7+. The molecule has 0 saturated heterocycles. The summed E-state index contributed by atoms with van der Waals surface area (Å²) in [4.78, 5) is 10.3. The van der Waals surface area contributed by atoms with Gasteiger partial charge in [-0.3, -0.25) is 0 Å². The number of carboxylic acids is 1. The summed E-state index contributed by atoms with van der Waals surface area (Å²) in [6.07, 6.45) is 2.75. The fourth-order valence-corrected chi connectivity index (χ4v) is 1.87. The summed E-state index contributed by atoms with van der Waals surface area (Å²) in [6, 6.07) is 7.96. The maximum atomic E-state index is 10.3. The van der Waals surface area contributed by atoms with E-state index in [1.807, 2.05) is 36.0 Å². The van der Waals surface area contributed by atoms with Crippen molar-refractivity contribution in [3.05, 3.63) is 41.5 Å². The molecule has 1 N–H and O–H groups in total. The molecular formula is C13H16O2S. The molecule has 0 amide bonds. The van der Waals surface area contributed by atoms with Crippen molar-refractivity contribution in [1.29, 1.82) is 0 Å². The molecule has 16 heavy (non-hydrogen) atoms. The number of carboxylic acid groups (broad SMARTS) is 1. The second-order valence-electron chi connectivity index (χ2n) is 3.77. The lowest BCUT2D eigenvalue weighted by atomic mass is 10.1. The first-order valence-electron chi connectivity index (χ1n) is 5.19. The highest BCUT2D eigenvalue weighted by Crippen LogP contribution is 2.17. The van der Waals surface area contributed by atoms with Crippen LogP contribution in [0.15, 0.2) is 30.3 Å². The molecule has 1 aromatic rings. The van der Waals surface area contributed by atoms with E-state index in [2.05, 4.69) is 13.8 Å². The van der Waals surface area contributed by atoms with Crippen molar-refractivity contribution in [2.24, 2.45) is 0 Å². The van der Waals surface area contributed by atoms with Crippen LogP contribution < -0.4 is 0 Å². The number of carbonyl (C=O) groups is 1. The van der Waals surface area contributed by atoms with Crippen LogP contribution in [0.3, 0.4) is 0 Å². The van der Waals surface area contributed by atoms with E-state index in [0.29, 0.717) is 5.25 Å². The summed E-state index contributed by atoms with van der Waals surface area (Å²) in [5.41, 5.74) is 2.19. The largest absolute Gasteiger partial charge is 0.478 e. The molecule has 86 valence electrons. The number of benzene rings is 1. The lowest BCUT2D eigenvalue weighted by Crippen LogP contribution is -1.89. The Bertz CT molecular complexity index is 366. The second kappa shape index (κ2) is 6.38. The molecular weight excluding hydrogens is 220 g/mol. The number of thioether (sulfide) groups is 1. The third kappa shape index (κ3) is 5.03. The fourth-order valence-electron chi connectivity index (χ4n) is 1.16. The van der Waals surface area contributed by atoms with Gasteiger partial charge >= 0.3 is 5.97 Å². The Morgan fingerprint density at radius 3 is 2.50 bits per heavy atom. The number of aliphatic carboxylic acids is 1. The van der Waals surface area contributed by atoms with E-state index >= 15 is 0 Å². The molecule has 0 aliphatic carbocycles. The van der Waals surface area contributed by atoms with E-state index in [9.17, 15) is 4.79 Å². The van der Waals surface area contributed by atoms with Gasteiger partial charge in [0.1, 0.15) is 0 Å². The lowest BCUT2D eigenvalue weighted by Gasteiger charge is -2.04. The predicted molar refractivity (Wildman–Crippen MR) is 69.5 cm³/mol. The molecule has 0 fully saturated rings. The zero-order valence-electron chi connectivity index (χ0n) is 9.51. The predicted octanol–water partition coefficient (Wildman–Crippen LogP) is 3.43. The van der Waals surface area contributed by atoms with Crippen molar-refractivity contribution in [3.63, 3.8) is 0 Å². The molecule has 2 nitrogen and oxygen atoms in total. The summed E-state index contributed by atoms with van der Waals surface area (Å²) in [5.74, 6) is 0.0834. The minimum absolute atomic E-state index is 0.631. The smallest absolute Gasteiger partial charge is 0.328 e. The van der Waals surface area contributed by atoms with Crippen LogP contribution in [0, 0.1) is 0 Å². The fraction of sp³-hybridized carbons (Fsp3) is 0.308. The van der Waals surface area contributed by atoms with E-state index in [0.717, 1.165) is 17.4 Å². The summed E-state index contributed by atoms with van der Waals surface area (Å²) in [6.45, 7) is 4.35. The Morgan fingerprint density at radius 1 is 1.38 bits per heavy atom. The first-order chi connectivity index (χ1) is 7.58. The van der Waals surface area contributed by atoms with Gasteiger partial charge in [0.15, 0.2) is 0 Å². The van der Waals surface area contributed by atoms with Gasteiger partial charge in [0, 0.05) is 11.8 Å². The van der Waals surface area contributed by atoms with E-state index in [1.54, 1.807) is 6.08 Å².